The van der Waals surface area contributed by atoms with Gasteiger partial charge in [0.25, 0.3) is 0 Å². The number of hydrogen-bond donors (Lipinski definition) is 2. The summed E-state index contributed by atoms with van der Waals surface area (Å²) in [6.45, 7) is 3.99. The van der Waals surface area contributed by atoms with Gasteiger partial charge in [-0.05, 0) is 49.1 Å². The summed E-state index contributed by atoms with van der Waals surface area (Å²) in [5, 5.41) is 14.1. The minimum Gasteiger partial charge on any atom is -0.325 e. The van der Waals surface area contributed by atoms with E-state index < -0.39 is 0 Å². The lowest BCUT2D eigenvalue weighted by molar-refractivity contribution is -0.116. The van der Waals surface area contributed by atoms with Gasteiger partial charge in [-0.25, -0.2) is 0 Å². The number of nitrogens with zero attached hydrogens (tertiary/aromatic N) is 2. The van der Waals surface area contributed by atoms with E-state index in [4.69, 9.17) is 0 Å². The number of hydrogen-bond acceptors (Lipinski definition) is 6. The lowest BCUT2D eigenvalue weighted by atomic mass is 10.1. The molecular weight excluding hydrogens is 404 g/mol. The van der Waals surface area contributed by atoms with Gasteiger partial charge in [-0.15, -0.1) is 10.2 Å². The monoisotopic (exact) mass is 426 g/mol. The Balaban J connectivity index is 1.43. The Bertz CT molecular complexity index is 969. The van der Waals surface area contributed by atoms with Gasteiger partial charge in [0.15, 0.2) is 4.34 Å². The molecular formula is C21H22N4O2S2. The molecule has 1 aromatic heterocycles. The van der Waals surface area contributed by atoms with E-state index in [-0.39, 0.29) is 17.6 Å². The molecule has 29 heavy (non-hydrogen) atoms. The predicted molar refractivity (Wildman–Crippen MR) is 119 cm³/mol. The van der Waals surface area contributed by atoms with Gasteiger partial charge in [0.05, 0.1) is 5.75 Å². The van der Waals surface area contributed by atoms with Crippen molar-refractivity contribution in [1.29, 1.82) is 0 Å². The number of rotatable bonds is 8. The van der Waals surface area contributed by atoms with E-state index in [2.05, 4.69) is 26.9 Å². The van der Waals surface area contributed by atoms with Gasteiger partial charge < -0.3 is 10.6 Å². The lowest BCUT2D eigenvalue weighted by Crippen LogP contribution is -2.14. The van der Waals surface area contributed by atoms with Crippen LogP contribution in [0.15, 0.2) is 52.9 Å². The molecule has 6 nitrogen and oxygen atoms in total. The maximum atomic E-state index is 12.2. The minimum atomic E-state index is -0.108. The van der Waals surface area contributed by atoms with Gasteiger partial charge in [0.1, 0.15) is 0 Å². The number of carbonyl (C=O) groups is 2. The normalized spacial score (nSPS) is 10.6. The fourth-order valence-corrected chi connectivity index (χ4v) is 4.34. The Morgan fingerprint density at radius 2 is 1.69 bits per heavy atom. The lowest BCUT2D eigenvalue weighted by Gasteiger charge is -2.06. The van der Waals surface area contributed by atoms with Gasteiger partial charge in [-0.1, -0.05) is 59.5 Å². The summed E-state index contributed by atoms with van der Waals surface area (Å²) >= 11 is 2.56. The second-order valence-electron chi connectivity index (χ2n) is 6.62. The van der Waals surface area contributed by atoms with E-state index in [0.717, 1.165) is 22.4 Å². The van der Waals surface area contributed by atoms with Gasteiger partial charge in [-0.3, -0.25) is 9.59 Å². The molecule has 0 bridgehead atoms. The van der Waals surface area contributed by atoms with Crippen molar-refractivity contribution in [2.75, 3.05) is 16.4 Å². The summed E-state index contributed by atoms with van der Waals surface area (Å²) in [5.74, 6) is 0.0154. The highest BCUT2D eigenvalue weighted by Gasteiger charge is 2.11. The molecule has 0 fully saturated rings. The summed E-state index contributed by atoms with van der Waals surface area (Å²) in [6, 6.07) is 15.8. The average Bonchev–Trinajstić information content (AvgIpc) is 3.12. The number of benzene rings is 2. The Labute approximate surface area is 178 Å². The molecule has 0 aliphatic rings. The van der Waals surface area contributed by atoms with Crippen LogP contribution in [0.4, 0.5) is 10.8 Å². The zero-order valence-corrected chi connectivity index (χ0v) is 17.9. The van der Waals surface area contributed by atoms with Crippen molar-refractivity contribution in [1.82, 2.24) is 10.2 Å². The number of anilines is 2. The Kier molecular flexibility index (Phi) is 7.37. The fourth-order valence-electron chi connectivity index (χ4n) is 2.77. The zero-order chi connectivity index (χ0) is 20.6. The highest BCUT2D eigenvalue weighted by atomic mass is 32.2. The maximum Gasteiger partial charge on any atom is 0.234 e. The first kappa shape index (κ1) is 21.0. The van der Waals surface area contributed by atoms with E-state index in [9.17, 15) is 9.59 Å². The van der Waals surface area contributed by atoms with E-state index in [1.165, 1.54) is 23.1 Å². The van der Waals surface area contributed by atoms with Crippen molar-refractivity contribution < 1.29 is 9.59 Å². The molecule has 2 aromatic carbocycles. The summed E-state index contributed by atoms with van der Waals surface area (Å²) < 4.78 is 0.638. The second kappa shape index (κ2) is 10.2. The van der Waals surface area contributed by atoms with Crippen LogP contribution in [0.2, 0.25) is 0 Å². The molecule has 0 saturated heterocycles. The summed E-state index contributed by atoms with van der Waals surface area (Å²) in [6.07, 6.45) is 1.05. The molecule has 2 amide bonds. The Morgan fingerprint density at radius 1 is 0.966 bits per heavy atom. The first-order valence-electron chi connectivity index (χ1n) is 9.16. The molecule has 0 aliphatic carbocycles. The van der Waals surface area contributed by atoms with Crippen LogP contribution in [-0.4, -0.2) is 27.8 Å². The molecule has 2 N–H and O–H groups in total. The van der Waals surface area contributed by atoms with E-state index in [0.29, 0.717) is 22.3 Å². The van der Waals surface area contributed by atoms with E-state index in [1.54, 1.807) is 0 Å². The number of thioether (sulfide) groups is 1. The molecule has 1 heterocycles. The highest BCUT2D eigenvalue weighted by Crippen LogP contribution is 2.26. The molecule has 0 saturated carbocycles. The van der Waals surface area contributed by atoms with Crippen LogP contribution in [0.25, 0.3) is 0 Å². The van der Waals surface area contributed by atoms with Crippen LogP contribution in [0.3, 0.4) is 0 Å². The number of aryl methyl sites for hydroxylation is 3. The van der Waals surface area contributed by atoms with Crippen molar-refractivity contribution in [3.63, 3.8) is 0 Å². The summed E-state index contributed by atoms with van der Waals surface area (Å²) in [4.78, 5) is 24.2. The van der Waals surface area contributed by atoms with Gasteiger partial charge in [0.2, 0.25) is 16.9 Å². The largest absolute Gasteiger partial charge is 0.325 e. The van der Waals surface area contributed by atoms with Crippen molar-refractivity contribution in [2.24, 2.45) is 0 Å². The maximum absolute atomic E-state index is 12.2. The van der Waals surface area contributed by atoms with Gasteiger partial charge in [0, 0.05) is 12.1 Å². The standard InChI is InChI=1S/C21H22N4O2S2/c1-14-10-15(2)12-17(11-14)22-19(27)13-28-21-25-24-20(29-21)23-18(26)9-8-16-6-4-3-5-7-16/h3-7,10-12H,8-9,13H2,1-2H3,(H,22,27)(H,23,24,26). The van der Waals surface area contributed by atoms with Crippen molar-refractivity contribution in [3.05, 3.63) is 65.2 Å². The van der Waals surface area contributed by atoms with Crippen LogP contribution in [-0.2, 0) is 16.0 Å². The minimum absolute atomic E-state index is 0.103. The van der Waals surface area contributed by atoms with Crippen LogP contribution in [0.5, 0.6) is 0 Å². The molecule has 0 atom stereocenters. The molecule has 0 spiro atoms. The van der Waals surface area contributed by atoms with Crippen LogP contribution in [0.1, 0.15) is 23.1 Å². The SMILES string of the molecule is Cc1cc(C)cc(NC(=O)CSc2nnc(NC(=O)CCc3ccccc3)s2)c1. The third-order valence-electron chi connectivity index (χ3n) is 3.97. The number of aromatic nitrogens is 2. The molecule has 0 unspecified atom stereocenters. The average molecular weight is 427 g/mol. The van der Waals surface area contributed by atoms with Crippen LogP contribution < -0.4 is 10.6 Å². The number of carbonyl (C=O) groups excluding carboxylic acids is 2. The van der Waals surface area contributed by atoms with Crippen molar-refractivity contribution >= 4 is 45.7 Å². The molecule has 3 aromatic rings. The first-order chi connectivity index (χ1) is 14.0. The van der Waals surface area contributed by atoms with Gasteiger partial charge >= 0.3 is 0 Å². The second-order valence-corrected chi connectivity index (χ2v) is 8.82. The number of amides is 2. The van der Waals surface area contributed by atoms with E-state index >= 15 is 0 Å². The van der Waals surface area contributed by atoms with Crippen LogP contribution >= 0.6 is 23.1 Å². The smallest absolute Gasteiger partial charge is 0.234 e. The van der Waals surface area contributed by atoms with Gasteiger partial charge in [-0.2, -0.15) is 0 Å². The predicted octanol–water partition coefficient (Wildman–Crippen LogP) is 4.46. The highest BCUT2D eigenvalue weighted by molar-refractivity contribution is 8.01. The molecule has 0 radical (unpaired) electrons. The molecule has 3 rings (SSSR count). The van der Waals surface area contributed by atoms with E-state index in [1.807, 2.05) is 56.3 Å². The summed E-state index contributed by atoms with van der Waals surface area (Å²) in [7, 11) is 0. The fraction of sp³-hybridized carbons (Fsp3) is 0.238. The zero-order valence-electron chi connectivity index (χ0n) is 16.3. The molecule has 8 heteroatoms. The third kappa shape index (κ3) is 6.99. The Hall–Kier alpha value is -2.71. The van der Waals surface area contributed by atoms with Crippen molar-refractivity contribution in [2.45, 2.75) is 31.0 Å². The van der Waals surface area contributed by atoms with Crippen LogP contribution in [0, 0.1) is 13.8 Å². The Morgan fingerprint density at radius 3 is 2.41 bits per heavy atom. The number of nitrogens with one attached hydrogen (secondary N) is 2. The quantitative estimate of drug-likeness (QED) is 0.410. The summed E-state index contributed by atoms with van der Waals surface area (Å²) in [5.41, 5.74) is 4.11. The third-order valence-corrected chi connectivity index (χ3v) is 5.94. The molecule has 150 valence electrons. The van der Waals surface area contributed by atoms with Crippen molar-refractivity contribution in [3.8, 4) is 0 Å². The first-order valence-corrected chi connectivity index (χ1v) is 11.0. The topological polar surface area (TPSA) is 84.0 Å². The molecule has 0 aliphatic heterocycles.